The Morgan fingerprint density at radius 3 is 2.59 bits per heavy atom. The molecule has 136 valence electrons. The second kappa shape index (κ2) is 7.95. The quantitative estimate of drug-likeness (QED) is 0.769. The molecule has 3 heterocycles. The number of urea groups is 1. The molecule has 0 unspecified atom stereocenters. The Hall–Kier alpha value is -3.28. The number of nitrogens with one attached hydrogen (secondary N) is 1. The maximum absolute atomic E-state index is 12.4. The Morgan fingerprint density at radius 2 is 1.85 bits per heavy atom. The first-order valence-electron chi connectivity index (χ1n) is 9.13. The van der Waals surface area contributed by atoms with Gasteiger partial charge in [0, 0.05) is 36.5 Å². The van der Waals surface area contributed by atoms with Crippen molar-refractivity contribution in [2.75, 3.05) is 18.4 Å². The number of benzene rings is 1. The van der Waals surface area contributed by atoms with Crippen LogP contribution in [0.3, 0.4) is 0 Å². The average Bonchev–Trinajstić information content (AvgIpc) is 2.75. The lowest BCUT2D eigenvalue weighted by Crippen LogP contribution is -2.40. The minimum absolute atomic E-state index is 0.0749. The van der Waals surface area contributed by atoms with Gasteiger partial charge in [0.1, 0.15) is 6.33 Å². The summed E-state index contributed by atoms with van der Waals surface area (Å²) < 4.78 is 0. The second-order valence-corrected chi connectivity index (χ2v) is 6.63. The summed E-state index contributed by atoms with van der Waals surface area (Å²) in [6, 6.07) is 15.8. The van der Waals surface area contributed by atoms with Gasteiger partial charge in [0.05, 0.1) is 17.6 Å². The number of amides is 2. The molecule has 4 rings (SSSR count). The lowest BCUT2D eigenvalue weighted by molar-refractivity contribution is 0.194. The predicted octanol–water partition coefficient (Wildman–Crippen LogP) is 3.95. The van der Waals surface area contributed by atoms with E-state index in [0.29, 0.717) is 24.7 Å². The van der Waals surface area contributed by atoms with Crippen LogP contribution in [0.25, 0.3) is 11.3 Å². The van der Waals surface area contributed by atoms with Crippen molar-refractivity contribution < 1.29 is 4.79 Å². The van der Waals surface area contributed by atoms with Gasteiger partial charge in [-0.1, -0.05) is 30.3 Å². The van der Waals surface area contributed by atoms with Gasteiger partial charge < -0.3 is 10.2 Å². The Balaban J connectivity index is 1.39. The van der Waals surface area contributed by atoms with Gasteiger partial charge in [-0.15, -0.1) is 0 Å². The zero-order valence-corrected chi connectivity index (χ0v) is 15.0. The van der Waals surface area contributed by atoms with Crippen LogP contribution in [0, 0.1) is 0 Å². The Kier molecular flexibility index (Phi) is 5.05. The molecule has 1 aromatic carbocycles. The molecule has 2 amide bonds. The number of aromatic nitrogens is 3. The number of carbonyl (C=O) groups is 1. The van der Waals surface area contributed by atoms with Gasteiger partial charge >= 0.3 is 6.03 Å². The van der Waals surface area contributed by atoms with Crippen LogP contribution in [0.15, 0.2) is 67.3 Å². The van der Waals surface area contributed by atoms with Crippen LogP contribution in [0.1, 0.15) is 24.5 Å². The maximum atomic E-state index is 12.4. The monoisotopic (exact) mass is 359 g/mol. The van der Waals surface area contributed by atoms with Gasteiger partial charge in [0.25, 0.3) is 0 Å². The molecule has 1 aliphatic heterocycles. The van der Waals surface area contributed by atoms with Gasteiger partial charge in [-0.2, -0.15) is 0 Å². The highest BCUT2D eigenvalue weighted by Crippen LogP contribution is 2.28. The Bertz CT molecular complexity index is 893. The first-order valence-corrected chi connectivity index (χ1v) is 9.13. The fourth-order valence-electron chi connectivity index (χ4n) is 3.38. The third-order valence-corrected chi connectivity index (χ3v) is 4.87. The molecule has 6 nitrogen and oxygen atoms in total. The van der Waals surface area contributed by atoms with E-state index in [9.17, 15) is 4.79 Å². The van der Waals surface area contributed by atoms with Crippen molar-refractivity contribution in [3.8, 4) is 11.3 Å². The van der Waals surface area contributed by atoms with E-state index in [0.717, 1.165) is 29.8 Å². The highest BCUT2D eigenvalue weighted by atomic mass is 16.2. The number of rotatable bonds is 3. The number of anilines is 1. The van der Waals surface area contributed by atoms with E-state index in [1.165, 1.54) is 0 Å². The lowest BCUT2D eigenvalue weighted by Gasteiger charge is -2.31. The van der Waals surface area contributed by atoms with Crippen LogP contribution >= 0.6 is 0 Å². The van der Waals surface area contributed by atoms with E-state index in [1.54, 1.807) is 24.8 Å². The number of likely N-dealkylation sites (tertiary alicyclic amines) is 1. The number of hydrogen-bond donors (Lipinski definition) is 1. The largest absolute Gasteiger partial charge is 0.324 e. The van der Waals surface area contributed by atoms with Crippen LogP contribution in [-0.4, -0.2) is 39.0 Å². The molecule has 0 saturated carbocycles. The Morgan fingerprint density at radius 1 is 1.04 bits per heavy atom. The van der Waals surface area contributed by atoms with E-state index >= 15 is 0 Å². The third-order valence-electron chi connectivity index (χ3n) is 4.87. The van der Waals surface area contributed by atoms with Crippen molar-refractivity contribution in [3.05, 3.63) is 72.9 Å². The van der Waals surface area contributed by atoms with Gasteiger partial charge in [0.2, 0.25) is 0 Å². The number of nitrogens with zero attached hydrogens (tertiary/aromatic N) is 4. The summed E-state index contributed by atoms with van der Waals surface area (Å²) in [5.74, 6) is 0.345. The van der Waals surface area contributed by atoms with Crippen molar-refractivity contribution >= 4 is 11.7 Å². The molecular formula is C21H21N5O. The van der Waals surface area contributed by atoms with Crippen LogP contribution in [0.5, 0.6) is 0 Å². The molecule has 1 saturated heterocycles. The van der Waals surface area contributed by atoms with E-state index < -0.39 is 0 Å². The first kappa shape index (κ1) is 17.1. The minimum Gasteiger partial charge on any atom is -0.324 e. The summed E-state index contributed by atoms with van der Waals surface area (Å²) in [6.45, 7) is 1.42. The van der Waals surface area contributed by atoms with Gasteiger partial charge in [-0.25, -0.2) is 14.8 Å². The summed E-state index contributed by atoms with van der Waals surface area (Å²) in [6.07, 6.45) is 6.76. The van der Waals surface area contributed by atoms with Crippen LogP contribution in [0.4, 0.5) is 10.5 Å². The molecule has 0 spiro atoms. The van der Waals surface area contributed by atoms with E-state index in [2.05, 4.69) is 38.5 Å². The summed E-state index contributed by atoms with van der Waals surface area (Å²) in [7, 11) is 0. The molecule has 1 aliphatic rings. The SMILES string of the molecule is O=C(Nc1cccnc1)N1CCC(c2cc(-c3ccccc3)ncn2)CC1. The summed E-state index contributed by atoms with van der Waals surface area (Å²) >= 11 is 0. The van der Waals surface area contributed by atoms with Crippen LogP contribution in [-0.2, 0) is 0 Å². The predicted molar refractivity (Wildman–Crippen MR) is 104 cm³/mol. The van der Waals surface area contributed by atoms with E-state index in [4.69, 9.17) is 0 Å². The number of piperidine rings is 1. The molecule has 0 radical (unpaired) electrons. The van der Waals surface area contributed by atoms with Crippen LogP contribution in [0.2, 0.25) is 0 Å². The third kappa shape index (κ3) is 4.11. The zero-order chi connectivity index (χ0) is 18.5. The highest BCUT2D eigenvalue weighted by Gasteiger charge is 2.25. The minimum atomic E-state index is -0.0749. The number of hydrogen-bond acceptors (Lipinski definition) is 4. The molecule has 27 heavy (non-hydrogen) atoms. The fraction of sp³-hybridized carbons (Fsp3) is 0.238. The van der Waals surface area contributed by atoms with Gasteiger partial charge in [-0.05, 0) is 31.0 Å². The molecule has 3 aromatic rings. The van der Waals surface area contributed by atoms with Crippen molar-refractivity contribution in [1.29, 1.82) is 0 Å². The van der Waals surface area contributed by atoms with E-state index in [-0.39, 0.29) is 6.03 Å². The van der Waals surface area contributed by atoms with Crippen LogP contribution < -0.4 is 5.32 Å². The van der Waals surface area contributed by atoms with Crippen molar-refractivity contribution in [2.24, 2.45) is 0 Å². The lowest BCUT2D eigenvalue weighted by atomic mass is 9.92. The number of pyridine rings is 1. The van der Waals surface area contributed by atoms with Crippen molar-refractivity contribution in [1.82, 2.24) is 19.9 Å². The zero-order valence-electron chi connectivity index (χ0n) is 15.0. The summed E-state index contributed by atoms with van der Waals surface area (Å²) in [5, 5.41) is 2.90. The molecule has 1 fully saturated rings. The molecule has 0 bridgehead atoms. The van der Waals surface area contributed by atoms with Crippen molar-refractivity contribution in [2.45, 2.75) is 18.8 Å². The molecule has 0 aliphatic carbocycles. The molecule has 6 heteroatoms. The van der Waals surface area contributed by atoms with Gasteiger partial charge in [-0.3, -0.25) is 4.98 Å². The standard InChI is InChI=1S/C21H21N5O/c27-21(25-18-7-4-10-22-14-18)26-11-8-17(9-12-26)20-13-19(23-15-24-20)16-5-2-1-3-6-16/h1-7,10,13-15,17H,8-9,11-12H2,(H,25,27). The fourth-order valence-corrected chi connectivity index (χ4v) is 3.38. The van der Waals surface area contributed by atoms with Gasteiger partial charge in [0.15, 0.2) is 0 Å². The molecule has 1 N–H and O–H groups in total. The average molecular weight is 359 g/mol. The topological polar surface area (TPSA) is 71.0 Å². The summed E-state index contributed by atoms with van der Waals surface area (Å²) in [5.41, 5.74) is 3.80. The van der Waals surface area contributed by atoms with Crippen molar-refractivity contribution in [3.63, 3.8) is 0 Å². The number of carbonyl (C=O) groups excluding carboxylic acids is 1. The molecule has 2 aromatic heterocycles. The highest BCUT2D eigenvalue weighted by molar-refractivity contribution is 5.89. The Labute approximate surface area is 158 Å². The normalized spacial score (nSPS) is 14.7. The summed E-state index contributed by atoms with van der Waals surface area (Å²) in [4.78, 5) is 27.2. The second-order valence-electron chi connectivity index (χ2n) is 6.63. The molecule has 0 atom stereocenters. The molecular weight excluding hydrogens is 338 g/mol. The first-order chi connectivity index (χ1) is 13.3. The smallest absolute Gasteiger partial charge is 0.321 e. The maximum Gasteiger partial charge on any atom is 0.321 e. The van der Waals surface area contributed by atoms with E-state index in [1.807, 2.05) is 29.2 Å².